The Labute approximate surface area is 112 Å². The van der Waals surface area contributed by atoms with Crippen molar-refractivity contribution >= 4 is 15.9 Å². The molecule has 0 radical (unpaired) electrons. The van der Waals surface area contributed by atoms with Crippen molar-refractivity contribution in [1.29, 1.82) is 0 Å². The van der Waals surface area contributed by atoms with Gasteiger partial charge in [0.1, 0.15) is 11.6 Å². The summed E-state index contributed by atoms with van der Waals surface area (Å²) in [7, 11) is 1.74. The molecular formula is C12H22BrN3O. The highest BCUT2D eigenvalue weighted by molar-refractivity contribution is 9.08. The molecule has 0 fully saturated rings. The number of aryl methyl sites for hydroxylation is 1. The molecule has 0 aliphatic heterocycles. The lowest BCUT2D eigenvalue weighted by Gasteiger charge is -2.13. The molecule has 1 rings (SSSR count). The van der Waals surface area contributed by atoms with Gasteiger partial charge in [-0.1, -0.05) is 29.8 Å². The molecule has 0 saturated carbocycles. The quantitative estimate of drug-likeness (QED) is 0.727. The van der Waals surface area contributed by atoms with E-state index in [4.69, 9.17) is 4.74 Å². The van der Waals surface area contributed by atoms with E-state index >= 15 is 0 Å². The lowest BCUT2D eigenvalue weighted by atomic mass is 10.2. The van der Waals surface area contributed by atoms with Gasteiger partial charge in [-0.3, -0.25) is 0 Å². The van der Waals surface area contributed by atoms with Crippen LogP contribution in [0.1, 0.15) is 38.8 Å². The van der Waals surface area contributed by atoms with E-state index in [2.05, 4.69) is 51.5 Å². The SMILES string of the molecule is COC(C)CCc1nnc(CBr)n1CC(C)C. The van der Waals surface area contributed by atoms with Crippen LogP contribution in [0.15, 0.2) is 0 Å². The zero-order valence-corrected chi connectivity index (χ0v) is 12.7. The van der Waals surface area contributed by atoms with Crippen molar-refractivity contribution in [2.24, 2.45) is 5.92 Å². The monoisotopic (exact) mass is 303 g/mol. The predicted octanol–water partition coefficient (Wildman–Crippen LogP) is 2.80. The van der Waals surface area contributed by atoms with Crippen molar-refractivity contribution in [2.45, 2.75) is 51.6 Å². The number of alkyl halides is 1. The summed E-state index contributed by atoms with van der Waals surface area (Å²) in [4.78, 5) is 0. The molecule has 0 amide bonds. The minimum absolute atomic E-state index is 0.270. The summed E-state index contributed by atoms with van der Waals surface area (Å²) in [5.41, 5.74) is 0. The van der Waals surface area contributed by atoms with E-state index in [1.165, 1.54) is 0 Å². The van der Waals surface area contributed by atoms with E-state index in [0.29, 0.717) is 5.92 Å². The van der Waals surface area contributed by atoms with Gasteiger partial charge in [0.25, 0.3) is 0 Å². The van der Waals surface area contributed by atoms with Gasteiger partial charge in [-0.2, -0.15) is 0 Å². The van der Waals surface area contributed by atoms with Crippen molar-refractivity contribution in [3.63, 3.8) is 0 Å². The van der Waals surface area contributed by atoms with Crippen molar-refractivity contribution in [1.82, 2.24) is 14.8 Å². The number of nitrogens with zero attached hydrogens (tertiary/aromatic N) is 3. The summed E-state index contributed by atoms with van der Waals surface area (Å²) in [6.45, 7) is 7.47. The maximum atomic E-state index is 5.26. The molecule has 0 spiro atoms. The van der Waals surface area contributed by atoms with Gasteiger partial charge in [-0.05, 0) is 19.3 Å². The van der Waals surface area contributed by atoms with Crippen LogP contribution < -0.4 is 0 Å². The third-order valence-corrected chi connectivity index (χ3v) is 3.25. The van der Waals surface area contributed by atoms with Crippen LogP contribution in [0.25, 0.3) is 0 Å². The Morgan fingerprint density at radius 1 is 1.24 bits per heavy atom. The summed E-state index contributed by atoms with van der Waals surface area (Å²) < 4.78 is 7.48. The van der Waals surface area contributed by atoms with Gasteiger partial charge in [0, 0.05) is 20.1 Å². The van der Waals surface area contributed by atoms with Crippen molar-refractivity contribution in [3.05, 3.63) is 11.6 Å². The lowest BCUT2D eigenvalue weighted by molar-refractivity contribution is 0.110. The molecule has 0 saturated heterocycles. The first-order chi connectivity index (χ1) is 8.08. The van der Waals surface area contributed by atoms with Gasteiger partial charge in [0.2, 0.25) is 0 Å². The maximum Gasteiger partial charge on any atom is 0.143 e. The van der Waals surface area contributed by atoms with Crippen LogP contribution >= 0.6 is 15.9 Å². The van der Waals surface area contributed by atoms with Gasteiger partial charge in [-0.25, -0.2) is 0 Å². The highest BCUT2D eigenvalue weighted by Crippen LogP contribution is 2.12. The Bertz CT molecular complexity index is 338. The van der Waals surface area contributed by atoms with Crippen molar-refractivity contribution < 1.29 is 4.74 Å². The van der Waals surface area contributed by atoms with Crippen LogP contribution in [0.2, 0.25) is 0 Å². The second-order valence-electron chi connectivity index (χ2n) is 4.76. The lowest BCUT2D eigenvalue weighted by Crippen LogP contribution is -2.13. The number of rotatable bonds is 7. The molecule has 0 bridgehead atoms. The molecule has 0 aromatic carbocycles. The second kappa shape index (κ2) is 7.11. The molecule has 1 aromatic heterocycles. The van der Waals surface area contributed by atoms with Gasteiger partial charge < -0.3 is 9.30 Å². The summed E-state index contributed by atoms with van der Waals surface area (Å²) in [5, 5.41) is 9.25. The standard InChI is InChI=1S/C12H22BrN3O/c1-9(2)8-16-11(6-5-10(3)17-4)14-15-12(16)7-13/h9-10H,5-8H2,1-4H3. The molecule has 1 unspecified atom stereocenters. The largest absolute Gasteiger partial charge is 0.382 e. The van der Waals surface area contributed by atoms with Crippen molar-refractivity contribution in [2.75, 3.05) is 7.11 Å². The Morgan fingerprint density at radius 2 is 1.88 bits per heavy atom. The van der Waals surface area contributed by atoms with E-state index in [1.807, 2.05) is 0 Å². The third kappa shape index (κ3) is 4.39. The molecule has 0 aliphatic rings. The number of methoxy groups -OCH3 is 1. The average Bonchev–Trinajstić information content (AvgIpc) is 2.67. The molecule has 4 nitrogen and oxygen atoms in total. The first-order valence-corrected chi connectivity index (χ1v) is 7.20. The zero-order chi connectivity index (χ0) is 12.8. The fourth-order valence-corrected chi connectivity index (χ4v) is 2.10. The molecule has 98 valence electrons. The normalized spacial score (nSPS) is 13.3. The van der Waals surface area contributed by atoms with Crippen molar-refractivity contribution in [3.8, 4) is 0 Å². The third-order valence-electron chi connectivity index (χ3n) is 2.75. The Kier molecular flexibility index (Phi) is 6.12. The Morgan fingerprint density at radius 3 is 2.41 bits per heavy atom. The molecule has 1 aromatic rings. The zero-order valence-electron chi connectivity index (χ0n) is 11.1. The predicted molar refractivity (Wildman–Crippen MR) is 72.3 cm³/mol. The minimum Gasteiger partial charge on any atom is -0.382 e. The first-order valence-electron chi connectivity index (χ1n) is 6.08. The number of halogens is 1. The van der Waals surface area contributed by atoms with Gasteiger partial charge in [0.15, 0.2) is 0 Å². The van der Waals surface area contributed by atoms with E-state index in [0.717, 1.165) is 36.4 Å². The summed E-state index contributed by atoms with van der Waals surface area (Å²) in [6.07, 6.45) is 2.17. The molecule has 0 N–H and O–H groups in total. The highest BCUT2D eigenvalue weighted by atomic mass is 79.9. The van der Waals surface area contributed by atoms with E-state index in [-0.39, 0.29) is 6.10 Å². The van der Waals surface area contributed by atoms with Crippen LogP contribution in [-0.4, -0.2) is 28.0 Å². The summed E-state index contributed by atoms with van der Waals surface area (Å²) >= 11 is 3.46. The fourth-order valence-electron chi connectivity index (χ4n) is 1.68. The minimum atomic E-state index is 0.270. The van der Waals surface area contributed by atoms with E-state index in [9.17, 15) is 0 Å². The van der Waals surface area contributed by atoms with Crippen LogP contribution in [0.4, 0.5) is 0 Å². The van der Waals surface area contributed by atoms with Gasteiger partial charge >= 0.3 is 0 Å². The number of aromatic nitrogens is 3. The topological polar surface area (TPSA) is 39.9 Å². The Balaban J connectivity index is 2.73. The molecule has 1 atom stereocenters. The molecule has 5 heteroatoms. The smallest absolute Gasteiger partial charge is 0.143 e. The van der Waals surface area contributed by atoms with Crippen LogP contribution in [-0.2, 0) is 23.0 Å². The summed E-state index contributed by atoms with van der Waals surface area (Å²) in [5.74, 6) is 2.68. The Hall–Kier alpha value is -0.420. The molecule has 0 aliphatic carbocycles. The van der Waals surface area contributed by atoms with Crippen LogP contribution in [0.3, 0.4) is 0 Å². The van der Waals surface area contributed by atoms with Gasteiger partial charge in [0.05, 0.1) is 11.4 Å². The summed E-state index contributed by atoms with van der Waals surface area (Å²) in [6, 6.07) is 0. The van der Waals surface area contributed by atoms with E-state index in [1.54, 1.807) is 7.11 Å². The van der Waals surface area contributed by atoms with Gasteiger partial charge in [-0.15, -0.1) is 10.2 Å². The molecule has 17 heavy (non-hydrogen) atoms. The molecule has 1 heterocycles. The number of hydrogen-bond donors (Lipinski definition) is 0. The number of hydrogen-bond acceptors (Lipinski definition) is 3. The second-order valence-corrected chi connectivity index (χ2v) is 5.32. The number of ether oxygens (including phenoxy) is 1. The van der Waals surface area contributed by atoms with Crippen LogP contribution in [0.5, 0.6) is 0 Å². The molecular weight excluding hydrogens is 282 g/mol. The average molecular weight is 304 g/mol. The first kappa shape index (κ1) is 14.6. The van der Waals surface area contributed by atoms with E-state index < -0.39 is 0 Å². The fraction of sp³-hybridized carbons (Fsp3) is 0.833. The van der Waals surface area contributed by atoms with Crippen LogP contribution in [0, 0.1) is 5.92 Å². The maximum absolute atomic E-state index is 5.26. The highest BCUT2D eigenvalue weighted by Gasteiger charge is 2.13.